The fourth-order valence-corrected chi connectivity index (χ4v) is 2.62. The van der Waals surface area contributed by atoms with Crippen molar-refractivity contribution in [2.24, 2.45) is 0 Å². The number of aromatic nitrogens is 1. The molecule has 0 atom stereocenters. The molecule has 0 radical (unpaired) electrons. The Kier molecular flexibility index (Phi) is 6.11. The van der Waals surface area contributed by atoms with Gasteiger partial charge in [0.15, 0.2) is 11.5 Å². The van der Waals surface area contributed by atoms with Gasteiger partial charge in [-0.05, 0) is 43.7 Å². The number of para-hydroxylation sites is 2. The predicted molar refractivity (Wildman–Crippen MR) is 108 cm³/mol. The minimum absolute atomic E-state index is 0.291. The average Bonchev–Trinajstić information content (AvgIpc) is 2.68. The number of carbonyl (C=O) groups is 1. The van der Waals surface area contributed by atoms with Crippen molar-refractivity contribution in [3.8, 4) is 17.2 Å². The second-order valence-corrected chi connectivity index (χ2v) is 6.29. The number of benzene rings is 2. The van der Waals surface area contributed by atoms with Gasteiger partial charge in [-0.1, -0.05) is 30.7 Å². The number of rotatable bonds is 7. The number of H-pyrrole nitrogens is 1. The summed E-state index contributed by atoms with van der Waals surface area (Å²) in [5.41, 5.74) is 1.40. The highest BCUT2D eigenvalue weighted by Crippen LogP contribution is 2.33. The highest BCUT2D eigenvalue weighted by molar-refractivity contribution is 6.06. The van der Waals surface area contributed by atoms with E-state index in [1.54, 1.807) is 24.3 Å². The number of aryl methyl sites for hydroxylation is 1. The third-order valence-electron chi connectivity index (χ3n) is 3.94. The molecule has 28 heavy (non-hydrogen) atoms. The maximum atomic E-state index is 12.8. The van der Waals surface area contributed by atoms with Gasteiger partial charge in [0.25, 0.3) is 5.91 Å². The number of hydrogen-bond acceptors (Lipinski definition) is 4. The van der Waals surface area contributed by atoms with E-state index in [1.165, 1.54) is 12.3 Å². The molecule has 3 aromatic rings. The monoisotopic (exact) mass is 378 g/mol. The van der Waals surface area contributed by atoms with Gasteiger partial charge in [0, 0.05) is 18.0 Å². The Hall–Kier alpha value is -3.54. The smallest absolute Gasteiger partial charge is 0.259 e. The van der Waals surface area contributed by atoms with Crippen LogP contribution in [0.25, 0.3) is 0 Å². The molecule has 2 N–H and O–H groups in total. The van der Waals surface area contributed by atoms with E-state index in [1.807, 2.05) is 38.1 Å². The zero-order valence-corrected chi connectivity index (χ0v) is 15.8. The van der Waals surface area contributed by atoms with E-state index in [2.05, 4.69) is 10.3 Å². The predicted octanol–water partition coefficient (Wildman–Crippen LogP) is 4.52. The van der Waals surface area contributed by atoms with Crippen molar-refractivity contribution in [2.75, 3.05) is 11.9 Å². The molecule has 2 aromatic carbocycles. The van der Waals surface area contributed by atoms with E-state index >= 15 is 0 Å². The summed E-state index contributed by atoms with van der Waals surface area (Å²) in [5, 5.41) is 2.73. The van der Waals surface area contributed by atoms with Crippen LogP contribution in [0.1, 0.15) is 29.3 Å². The Morgan fingerprint density at radius 3 is 2.57 bits per heavy atom. The van der Waals surface area contributed by atoms with E-state index in [4.69, 9.17) is 9.47 Å². The summed E-state index contributed by atoms with van der Waals surface area (Å²) in [6.07, 6.45) is 2.36. The number of amides is 1. The lowest BCUT2D eigenvalue weighted by Gasteiger charge is -2.15. The highest BCUT2D eigenvalue weighted by atomic mass is 16.5. The number of pyridine rings is 1. The molecule has 6 heteroatoms. The van der Waals surface area contributed by atoms with Gasteiger partial charge in [0.05, 0.1) is 12.2 Å². The van der Waals surface area contributed by atoms with Crippen LogP contribution in [-0.2, 0) is 0 Å². The van der Waals surface area contributed by atoms with Crippen LogP contribution in [0.2, 0.25) is 0 Å². The Labute approximate surface area is 163 Å². The third kappa shape index (κ3) is 4.79. The SMILES string of the molecule is CCCOc1ccccc1Oc1ccc(C)cc1C(=O)Nc1cc[nH]c(=O)c1. The number of aromatic amines is 1. The van der Waals surface area contributed by atoms with Crippen LogP contribution < -0.4 is 20.3 Å². The van der Waals surface area contributed by atoms with Crippen molar-refractivity contribution in [3.63, 3.8) is 0 Å². The lowest BCUT2D eigenvalue weighted by molar-refractivity contribution is 0.102. The zero-order valence-electron chi connectivity index (χ0n) is 15.8. The summed E-state index contributed by atoms with van der Waals surface area (Å²) < 4.78 is 11.7. The van der Waals surface area contributed by atoms with Gasteiger partial charge in [-0.15, -0.1) is 0 Å². The van der Waals surface area contributed by atoms with E-state index < -0.39 is 0 Å². The van der Waals surface area contributed by atoms with E-state index in [9.17, 15) is 9.59 Å². The summed E-state index contributed by atoms with van der Waals surface area (Å²) >= 11 is 0. The number of anilines is 1. The summed E-state index contributed by atoms with van der Waals surface area (Å²) in [7, 11) is 0. The molecule has 0 bridgehead atoms. The molecule has 0 aliphatic carbocycles. The molecule has 0 unspecified atom stereocenters. The molecular weight excluding hydrogens is 356 g/mol. The normalized spacial score (nSPS) is 10.4. The Balaban J connectivity index is 1.89. The first-order chi connectivity index (χ1) is 13.6. The van der Waals surface area contributed by atoms with Crippen LogP contribution in [0, 0.1) is 6.92 Å². The van der Waals surface area contributed by atoms with Gasteiger partial charge >= 0.3 is 0 Å². The largest absolute Gasteiger partial charge is 0.490 e. The number of nitrogens with one attached hydrogen (secondary N) is 2. The van der Waals surface area contributed by atoms with Crippen LogP contribution in [0.3, 0.4) is 0 Å². The van der Waals surface area contributed by atoms with Gasteiger partial charge in [-0.25, -0.2) is 0 Å². The van der Waals surface area contributed by atoms with Gasteiger partial charge in [0.1, 0.15) is 5.75 Å². The standard InChI is InChI=1S/C22H22N2O4/c1-3-12-27-19-6-4-5-7-20(19)28-18-9-8-15(2)13-17(18)22(26)24-16-10-11-23-21(25)14-16/h4-11,13-14H,3,12H2,1-2H3,(H2,23,24,25,26). The first-order valence-corrected chi connectivity index (χ1v) is 9.07. The molecular formula is C22H22N2O4. The van der Waals surface area contributed by atoms with E-state index in [-0.39, 0.29) is 11.5 Å². The lowest BCUT2D eigenvalue weighted by Crippen LogP contribution is -2.15. The van der Waals surface area contributed by atoms with Crippen LogP contribution in [0.15, 0.2) is 65.6 Å². The minimum Gasteiger partial charge on any atom is -0.490 e. The van der Waals surface area contributed by atoms with Crippen molar-refractivity contribution < 1.29 is 14.3 Å². The second-order valence-electron chi connectivity index (χ2n) is 6.29. The van der Waals surface area contributed by atoms with Gasteiger partial charge in [-0.3, -0.25) is 9.59 Å². The van der Waals surface area contributed by atoms with Crippen LogP contribution >= 0.6 is 0 Å². The van der Waals surface area contributed by atoms with Crippen molar-refractivity contribution >= 4 is 11.6 Å². The van der Waals surface area contributed by atoms with Gasteiger partial charge < -0.3 is 19.8 Å². The molecule has 6 nitrogen and oxygen atoms in total. The zero-order chi connectivity index (χ0) is 19.9. The van der Waals surface area contributed by atoms with Crippen molar-refractivity contribution in [1.29, 1.82) is 0 Å². The van der Waals surface area contributed by atoms with Crippen LogP contribution in [0.5, 0.6) is 17.2 Å². The fraction of sp³-hybridized carbons (Fsp3) is 0.182. The summed E-state index contributed by atoms with van der Waals surface area (Å²) in [5.74, 6) is 1.19. The Morgan fingerprint density at radius 1 is 1.04 bits per heavy atom. The molecule has 0 aliphatic heterocycles. The second kappa shape index (κ2) is 8.90. The molecule has 3 rings (SSSR count). The first-order valence-electron chi connectivity index (χ1n) is 9.07. The maximum absolute atomic E-state index is 12.8. The van der Waals surface area contributed by atoms with Crippen molar-refractivity contribution in [3.05, 3.63) is 82.3 Å². The summed E-state index contributed by atoms with van der Waals surface area (Å²) in [6.45, 7) is 4.50. The van der Waals surface area contributed by atoms with E-state index in [0.717, 1.165) is 12.0 Å². The minimum atomic E-state index is -0.365. The van der Waals surface area contributed by atoms with Crippen LogP contribution in [0.4, 0.5) is 5.69 Å². The molecule has 0 saturated heterocycles. The topological polar surface area (TPSA) is 80.4 Å². The number of hydrogen-bond donors (Lipinski definition) is 2. The molecule has 0 saturated carbocycles. The third-order valence-corrected chi connectivity index (χ3v) is 3.94. The molecule has 0 aliphatic rings. The first kappa shape index (κ1) is 19.2. The maximum Gasteiger partial charge on any atom is 0.259 e. The molecule has 144 valence electrons. The fourth-order valence-electron chi connectivity index (χ4n) is 2.62. The Morgan fingerprint density at radius 2 is 1.82 bits per heavy atom. The van der Waals surface area contributed by atoms with E-state index in [0.29, 0.717) is 35.1 Å². The van der Waals surface area contributed by atoms with Gasteiger partial charge in [-0.2, -0.15) is 0 Å². The quantitative estimate of drug-likeness (QED) is 0.634. The molecule has 1 aromatic heterocycles. The lowest BCUT2D eigenvalue weighted by atomic mass is 10.1. The van der Waals surface area contributed by atoms with Crippen molar-refractivity contribution in [2.45, 2.75) is 20.3 Å². The highest BCUT2D eigenvalue weighted by Gasteiger charge is 2.16. The molecule has 0 fully saturated rings. The average molecular weight is 378 g/mol. The molecule has 1 heterocycles. The number of carbonyl (C=O) groups excluding carboxylic acids is 1. The molecule has 1 amide bonds. The summed E-state index contributed by atoms with van der Waals surface area (Å²) in [6, 6.07) is 15.6. The Bertz CT molecular complexity index is 1030. The summed E-state index contributed by atoms with van der Waals surface area (Å²) in [4.78, 5) is 26.8. The molecule has 0 spiro atoms. The van der Waals surface area contributed by atoms with Crippen LogP contribution in [-0.4, -0.2) is 17.5 Å². The van der Waals surface area contributed by atoms with Gasteiger partial charge in [0.2, 0.25) is 5.56 Å². The number of ether oxygens (including phenoxy) is 2. The van der Waals surface area contributed by atoms with Crippen molar-refractivity contribution in [1.82, 2.24) is 4.98 Å².